The van der Waals surface area contributed by atoms with Crippen molar-refractivity contribution in [3.63, 3.8) is 0 Å². The number of nitrogens with one attached hydrogen (secondary N) is 2. The highest BCUT2D eigenvalue weighted by molar-refractivity contribution is 7.89. The molecule has 4 N–H and O–H groups in total. The predicted molar refractivity (Wildman–Crippen MR) is 82.0 cm³/mol. The molecule has 110 valence electrons. The van der Waals surface area contributed by atoms with Gasteiger partial charge in [0.15, 0.2) is 0 Å². The van der Waals surface area contributed by atoms with Crippen LogP contribution in [0.4, 0.5) is 5.69 Å². The van der Waals surface area contributed by atoms with E-state index in [1.807, 2.05) is 13.8 Å². The number of H-pyrrole nitrogens is 1. The fourth-order valence-electron chi connectivity index (χ4n) is 2.32. The smallest absolute Gasteiger partial charge is 0.242 e. The van der Waals surface area contributed by atoms with E-state index < -0.39 is 10.0 Å². The summed E-state index contributed by atoms with van der Waals surface area (Å²) < 4.78 is 27.7. The van der Waals surface area contributed by atoms with Crippen molar-refractivity contribution in [3.8, 4) is 0 Å². The molecule has 0 aliphatic carbocycles. The van der Waals surface area contributed by atoms with Gasteiger partial charge in [-0.2, -0.15) is 0 Å². The first kappa shape index (κ1) is 14.9. The minimum Gasteiger partial charge on any atom is -0.399 e. The first-order chi connectivity index (χ1) is 9.47. The van der Waals surface area contributed by atoms with Gasteiger partial charge in [-0.15, -0.1) is 0 Å². The van der Waals surface area contributed by atoms with E-state index >= 15 is 0 Å². The Morgan fingerprint density at radius 3 is 2.75 bits per heavy atom. The lowest BCUT2D eigenvalue weighted by Gasteiger charge is -2.15. The van der Waals surface area contributed by atoms with Crippen molar-refractivity contribution in [2.75, 3.05) is 5.73 Å². The number of nitrogen functional groups attached to an aromatic ring is 1. The zero-order chi connectivity index (χ0) is 14.8. The van der Waals surface area contributed by atoms with Crippen LogP contribution in [-0.4, -0.2) is 19.4 Å². The minimum absolute atomic E-state index is 0.0243. The van der Waals surface area contributed by atoms with Gasteiger partial charge in [0, 0.05) is 28.8 Å². The first-order valence-electron chi connectivity index (χ1n) is 6.87. The SMILES string of the molecule is CCCC(CC)NS(=O)(=O)c1c[nH]c2cc(N)ccc12. The standard InChI is InChI=1S/C14H21N3O2S/c1-3-5-11(4-2)17-20(18,19)14-9-16-13-8-10(15)6-7-12(13)14/h6-9,11,16-17H,3-5,15H2,1-2H3. The number of anilines is 1. The summed E-state index contributed by atoms with van der Waals surface area (Å²) >= 11 is 0. The van der Waals surface area contributed by atoms with E-state index in [1.165, 1.54) is 6.20 Å². The number of fused-ring (bicyclic) bond motifs is 1. The molecule has 2 rings (SSSR count). The molecule has 1 aromatic carbocycles. The summed E-state index contributed by atoms with van der Waals surface area (Å²) in [7, 11) is -3.51. The molecule has 6 heteroatoms. The van der Waals surface area contributed by atoms with Gasteiger partial charge in [0.1, 0.15) is 4.90 Å². The molecule has 5 nitrogen and oxygen atoms in total. The number of sulfonamides is 1. The fraction of sp³-hybridized carbons (Fsp3) is 0.429. The third-order valence-corrected chi connectivity index (χ3v) is 4.97. The van der Waals surface area contributed by atoms with Crippen molar-refractivity contribution in [2.24, 2.45) is 0 Å². The highest BCUT2D eigenvalue weighted by Crippen LogP contribution is 2.24. The number of aromatic nitrogens is 1. The van der Waals surface area contributed by atoms with Crippen molar-refractivity contribution >= 4 is 26.6 Å². The van der Waals surface area contributed by atoms with Gasteiger partial charge in [-0.25, -0.2) is 13.1 Å². The number of hydrogen-bond donors (Lipinski definition) is 3. The third-order valence-electron chi connectivity index (χ3n) is 3.41. The molecular weight excluding hydrogens is 274 g/mol. The molecule has 0 amide bonds. The molecule has 1 heterocycles. The molecule has 1 atom stereocenters. The van der Waals surface area contributed by atoms with Crippen LogP contribution in [0.15, 0.2) is 29.3 Å². The first-order valence-corrected chi connectivity index (χ1v) is 8.35. The van der Waals surface area contributed by atoms with Gasteiger partial charge in [-0.05, 0) is 31.0 Å². The van der Waals surface area contributed by atoms with Gasteiger partial charge in [0.2, 0.25) is 10.0 Å². The number of nitrogens with two attached hydrogens (primary N) is 1. The Labute approximate surface area is 119 Å². The molecule has 0 saturated heterocycles. The average Bonchev–Trinajstić information content (AvgIpc) is 2.81. The molecule has 0 bridgehead atoms. The number of rotatable bonds is 6. The Bertz CT molecular complexity index is 692. The summed E-state index contributed by atoms with van der Waals surface area (Å²) in [5, 5.41) is 0.665. The van der Waals surface area contributed by atoms with Crippen LogP contribution < -0.4 is 10.5 Å². The third kappa shape index (κ3) is 2.96. The number of benzene rings is 1. The zero-order valence-corrected chi connectivity index (χ0v) is 12.6. The molecule has 0 aliphatic heterocycles. The average molecular weight is 295 g/mol. The van der Waals surface area contributed by atoms with Crippen LogP contribution in [0.25, 0.3) is 10.9 Å². The van der Waals surface area contributed by atoms with Gasteiger partial charge in [0.05, 0.1) is 0 Å². The van der Waals surface area contributed by atoms with E-state index in [4.69, 9.17) is 5.73 Å². The summed E-state index contributed by atoms with van der Waals surface area (Å²) in [6.45, 7) is 4.03. The van der Waals surface area contributed by atoms with Gasteiger partial charge in [-0.1, -0.05) is 20.3 Å². The molecule has 0 spiro atoms. The van der Waals surface area contributed by atoms with E-state index in [2.05, 4.69) is 9.71 Å². The summed E-state index contributed by atoms with van der Waals surface area (Å²) in [4.78, 5) is 3.24. The molecule has 20 heavy (non-hydrogen) atoms. The van der Waals surface area contributed by atoms with Crippen LogP contribution in [0.2, 0.25) is 0 Å². The van der Waals surface area contributed by atoms with Gasteiger partial charge in [-0.3, -0.25) is 0 Å². The Morgan fingerprint density at radius 1 is 1.35 bits per heavy atom. The molecule has 1 aromatic heterocycles. The van der Waals surface area contributed by atoms with Crippen molar-refractivity contribution < 1.29 is 8.42 Å². The molecule has 0 fully saturated rings. The molecule has 0 saturated carbocycles. The highest BCUT2D eigenvalue weighted by atomic mass is 32.2. The molecular formula is C14H21N3O2S. The van der Waals surface area contributed by atoms with E-state index in [0.29, 0.717) is 11.1 Å². The quantitative estimate of drug-likeness (QED) is 0.716. The summed E-state index contributed by atoms with van der Waals surface area (Å²) in [5.41, 5.74) is 7.03. The number of hydrogen-bond acceptors (Lipinski definition) is 3. The lowest BCUT2D eigenvalue weighted by atomic mass is 10.1. The van der Waals surface area contributed by atoms with Crippen molar-refractivity contribution in [2.45, 2.75) is 44.0 Å². The molecule has 0 aliphatic rings. The fourth-order valence-corrected chi connectivity index (χ4v) is 3.85. The van der Waals surface area contributed by atoms with E-state index in [-0.39, 0.29) is 10.9 Å². The van der Waals surface area contributed by atoms with Crippen molar-refractivity contribution in [1.29, 1.82) is 0 Å². The zero-order valence-electron chi connectivity index (χ0n) is 11.8. The van der Waals surface area contributed by atoms with Crippen molar-refractivity contribution in [3.05, 3.63) is 24.4 Å². The molecule has 2 aromatic rings. The predicted octanol–water partition coefficient (Wildman–Crippen LogP) is 2.61. The normalized spacial score (nSPS) is 13.7. The van der Waals surface area contributed by atoms with Crippen LogP contribution in [0, 0.1) is 0 Å². The molecule has 0 radical (unpaired) electrons. The Hall–Kier alpha value is -1.53. The van der Waals surface area contributed by atoms with Crippen LogP contribution in [0.5, 0.6) is 0 Å². The van der Waals surface area contributed by atoms with Gasteiger partial charge in [0.25, 0.3) is 0 Å². The largest absolute Gasteiger partial charge is 0.399 e. The lowest BCUT2D eigenvalue weighted by Crippen LogP contribution is -2.34. The number of aromatic amines is 1. The Balaban J connectivity index is 2.36. The lowest BCUT2D eigenvalue weighted by molar-refractivity contribution is 0.513. The topological polar surface area (TPSA) is 88.0 Å². The minimum atomic E-state index is -3.51. The van der Waals surface area contributed by atoms with Gasteiger partial charge >= 0.3 is 0 Å². The van der Waals surface area contributed by atoms with Crippen LogP contribution in [-0.2, 0) is 10.0 Å². The maximum Gasteiger partial charge on any atom is 0.242 e. The van der Waals surface area contributed by atoms with E-state index in [9.17, 15) is 8.42 Å². The Morgan fingerprint density at radius 2 is 2.10 bits per heavy atom. The highest BCUT2D eigenvalue weighted by Gasteiger charge is 2.22. The van der Waals surface area contributed by atoms with Crippen LogP contribution >= 0.6 is 0 Å². The van der Waals surface area contributed by atoms with Crippen molar-refractivity contribution in [1.82, 2.24) is 9.71 Å². The second-order valence-electron chi connectivity index (χ2n) is 4.97. The monoisotopic (exact) mass is 295 g/mol. The second kappa shape index (κ2) is 5.85. The summed E-state index contributed by atoms with van der Waals surface area (Å²) in [6, 6.07) is 5.15. The summed E-state index contributed by atoms with van der Waals surface area (Å²) in [6.07, 6.45) is 4.09. The maximum absolute atomic E-state index is 12.5. The Kier molecular flexibility index (Phi) is 4.35. The van der Waals surface area contributed by atoms with E-state index in [0.717, 1.165) is 24.8 Å². The molecule has 1 unspecified atom stereocenters. The summed E-state index contributed by atoms with van der Waals surface area (Å²) in [5.74, 6) is 0. The van der Waals surface area contributed by atoms with Crippen LogP contribution in [0.1, 0.15) is 33.1 Å². The van der Waals surface area contributed by atoms with Gasteiger partial charge < -0.3 is 10.7 Å². The van der Waals surface area contributed by atoms with Crippen LogP contribution in [0.3, 0.4) is 0 Å². The van der Waals surface area contributed by atoms with E-state index in [1.54, 1.807) is 18.2 Å². The second-order valence-corrected chi connectivity index (χ2v) is 6.66. The maximum atomic E-state index is 12.5.